The van der Waals surface area contributed by atoms with E-state index in [4.69, 9.17) is 4.63 Å². The molecule has 3 aromatic rings. The van der Waals surface area contributed by atoms with E-state index in [9.17, 15) is 14.9 Å². The molecule has 34 heavy (non-hydrogen) atoms. The zero-order chi connectivity index (χ0) is 23.9. The van der Waals surface area contributed by atoms with Crippen molar-refractivity contribution in [3.05, 3.63) is 59.2 Å². The number of hydrogen-bond acceptors (Lipinski definition) is 7. The Kier molecular flexibility index (Phi) is 5.54. The van der Waals surface area contributed by atoms with Gasteiger partial charge in [0.15, 0.2) is 0 Å². The van der Waals surface area contributed by atoms with E-state index in [1.54, 1.807) is 24.3 Å². The summed E-state index contributed by atoms with van der Waals surface area (Å²) in [5.74, 6) is 0.0976. The molecule has 1 aromatic heterocycles. The fourth-order valence-electron chi connectivity index (χ4n) is 5.02. The summed E-state index contributed by atoms with van der Waals surface area (Å²) in [5.41, 5.74) is 2.54. The Morgan fingerprint density at radius 3 is 2.68 bits per heavy atom. The average Bonchev–Trinajstić information content (AvgIpc) is 3.43. The summed E-state index contributed by atoms with van der Waals surface area (Å²) in [4.78, 5) is 30.3. The highest BCUT2D eigenvalue weighted by atomic mass is 16.6. The van der Waals surface area contributed by atoms with Crippen LogP contribution >= 0.6 is 0 Å². The highest BCUT2D eigenvalue weighted by molar-refractivity contribution is 5.97. The molecule has 0 saturated carbocycles. The van der Waals surface area contributed by atoms with E-state index in [1.807, 2.05) is 41.8 Å². The van der Waals surface area contributed by atoms with Crippen molar-refractivity contribution >= 4 is 22.8 Å². The van der Waals surface area contributed by atoms with Crippen molar-refractivity contribution in [3.8, 4) is 6.07 Å². The molecular weight excluding hydrogens is 432 g/mol. The van der Waals surface area contributed by atoms with Crippen LogP contribution in [-0.2, 0) is 11.3 Å². The van der Waals surface area contributed by atoms with Gasteiger partial charge in [0, 0.05) is 38.0 Å². The molecule has 1 atom stereocenters. The molecule has 2 amide bonds. The first kappa shape index (κ1) is 22.0. The number of fused-ring (bicyclic) bond motifs is 1. The summed E-state index contributed by atoms with van der Waals surface area (Å²) in [6.07, 6.45) is 1.21. The van der Waals surface area contributed by atoms with E-state index in [0.717, 1.165) is 5.56 Å². The molecule has 0 radical (unpaired) electrons. The lowest BCUT2D eigenvalue weighted by Crippen LogP contribution is -2.59. The van der Waals surface area contributed by atoms with Gasteiger partial charge >= 0.3 is 0 Å². The van der Waals surface area contributed by atoms with Crippen molar-refractivity contribution in [2.45, 2.75) is 44.9 Å². The Balaban J connectivity index is 1.37. The fraction of sp³-hybridized carbons (Fsp3) is 0.400. The third kappa shape index (κ3) is 3.70. The highest BCUT2D eigenvalue weighted by Crippen LogP contribution is 2.36. The topological polar surface area (TPSA) is 115 Å². The minimum absolute atomic E-state index is 0.0477. The minimum atomic E-state index is -0.550. The summed E-state index contributed by atoms with van der Waals surface area (Å²) < 4.78 is 4.73. The van der Waals surface area contributed by atoms with Gasteiger partial charge in [0.05, 0.1) is 23.3 Å². The van der Waals surface area contributed by atoms with Crippen LogP contribution in [0.3, 0.4) is 0 Å². The van der Waals surface area contributed by atoms with Crippen LogP contribution < -0.4 is 5.32 Å². The molecule has 2 aliphatic rings. The van der Waals surface area contributed by atoms with Gasteiger partial charge in [0.2, 0.25) is 5.91 Å². The first-order chi connectivity index (χ1) is 16.4. The molecule has 5 rings (SSSR count). The molecule has 2 aromatic carbocycles. The molecule has 1 unspecified atom stereocenters. The van der Waals surface area contributed by atoms with Gasteiger partial charge in [0.1, 0.15) is 11.0 Å². The van der Waals surface area contributed by atoms with Crippen LogP contribution in [0.15, 0.2) is 47.1 Å². The summed E-state index contributed by atoms with van der Waals surface area (Å²) in [5, 5.41) is 20.8. The fourth-order valence-corrected chi connectivity index (χ4v) is 5.02. The Morgan fingerprint density at radius 1 is 1.21 bits per heavy atom. The van der Waals surface area contributed by atoms with E-state index in [2.05, 4.69) is 21.7 Å². The normalized spacial score (nSPS) is 19.8. The van der Waals surface area contributed by atoms with Crippen molar-refractivity contribution in [2.24, 2.45) is 5.92 Å². The van der Waals surface area contributed by atoms with Gasteiger partial charge in [-0.1, -0.05) is 32.0 Å². The van der Waals surface area contributed by atoms with E-state index in [-0.39, 0.29) is 23.8 Å². The summed E-state index contributed by atoms with van der Waals surface area (Å²) in [6.45, 7) is 5.44. The number of nitriles is 1. The molecule has 0 bridgehead atoms. The minimum Gasteiger partial charge on any atom is -0.338 e. The standard InChI is InChI=1S/C25H26N6O3/c1-16(2)22-24(33)31(15-19-6-4-3-5-18(19)14-26)25(27-22)9-11-30(12-10-25)23(32)17-7-8-20-21(13-17)29-34-28-20/h3-8,13,16,22,27H,9-12,15H2,1-2H3. The largest absolute Gasteiger partial charge is 0.338 e. The first-order valence-corrected chi connectivity index (χ1v) is 11.5. The van der Waals surface area contributed by atoms with Crippen molar-refractivity contribution in [1.29, 1.82) is 5.26 Å². The molecule has 9 nitrogen and oxygen atoms in total. The molecule has 9 heteroatoms. The lowest BCUT2D eigenvalue weighted by Gasteiger charge is -2.45. The lowest BCUT2D eigenvalue weighted by molar-refractivity contribution is -0.134. The van der Waals surface area contributed by atoms with E-state index >= 15 is 0 Å². The number of benzene rings is 2. The molecule has 1 N–H and O–H groups in total. The average molecular weight is 459 g/mol. The van der Waals surface area contributed by atoms with Crippen molar-refractivity contribution in [3.63, 3.8) is 0 Å². The van der Waals surface area contributed by atoms with Crippen LogP contribution in [0.5, 0.6) is 0 Å². The van der Waals surface area contributed by atoms with E-state index in [1.165, 1.54) is 0 Å². The van der Waals surface area contributed by atoms with Gasteiger partial charge in [0.25, 0.3) is 5.91 Å². The van der Waals surface area contributed by atoms with Crippen LogP contribution in [0, 0.1) is 17.2 Å². The van der Waals surface area contributed by atoms with E-state index in [0.29, 0.717) is 54.6 Å². The molecule has 1 spiro atoms. The SMILES string of the molecule is CC(C)C1NC2(CCN(C(=O)c3ccc4nonc4c3)CC2)N(Cc2ccccc2C#N)C1=O. The van der Waals surface area contributed by atoms with Crippen LogP contribution in [0.1, 0.15) is 48.2 Å². The van der Waals surface area contributed by atoms with Crippen LogP contribution in [0.4, 0.5) is 0 Å². The third-order valence-electron chi connectivity index (χ3n) is 6.98. The molecule has 3 heterocycles. The second kappa shape index (κ2) is 8.54. The quantitative estimate of drug-likeness (QED) is 0.639. The van der Waals surface area contributed by atoms with Gasteiger partial charge in [-0.05, 0) is 46.1 Å². The van der Waals surface area contributed by atoms with Crippen molar-refractivity contribution in [2.75, 3.05) is 13.1 Å². The molecule has 2 saturated heterocycles. The number of carbonyl (C=O) groups is 2. The maximum atomic E-state index is 13.4. The molecule has 0 aliphatic carbocycles. The zero-order valence-corrected chi connectivity index (χ0v) is 19.2. The number of piperidine rings is 1. The molecular formula is C25H26N6O3. The number of nitrogens with one attached hydrogen (secondary N) is 1. The number of rotatable bonds is 4. The summed E-state index contributed by atoms with van der Waals surface area (Å²) in [6, 6.07) is 14.5. The highest BCUT2D eigenvalue weighted by Gasteiger charge is 2.52. The van der Waals surface area contributed by atoms with Gasteiger partial charge < -0.3 is 9.80 Å². The number of nitrogens with zero attached hydrogens (tertiary/aromatic N) is 5. The Hall–Kier alpha value is -3.77. The molecule has 2 fully saturated rings. The zero-order valence-electron chi connectivity index (χ0n) is 19.2. The smallest absolute Gasteiger partial charge is 0.253 e. The van der Waals surface area contributed by atoms with Gasteiger partial charge in [-0.2, -0.15) is 5.26 Å². The Morgan fingerprint density at radius 2 is 1.94 bits per heavy atom. The van der Waals surface area contributed by atoms with Crippen LogP contribution in [0.2, 0.25) is 0 Å². The summed E-state index contributed by atoms with van der Waals surface area (Å²) in [7, 11) is 0. The number of aromatic nitrogens is 2. The maximum absolute atomic E-state index is 13.4. The molecule has 2 aliphatic heterocycles. The monoisotopic (exact) mass is 458 g/mol. The lowest BCUT2D eigenvalue weighted by atomic mass is 9.94. The number of carbonyl (C=O) groups excluding carboxylic acids is 2. The van der Waals surface area contributed by atoms with Crippen LogP contribution in [-0.4, -0.2) is 56.7 Å². The maximum Gasteiger partial charge on any atom is 0.253 e. The second-order valence-electron chi connectivity index (χ2n) is 9.35. The predicted molar refractivity (Wildman–Crippen MR) is 123 cm³/mol. The number of amides is 2. The van der Waals surface area contributed by atoms with E-state index < -0.39 is 5.66 Å². The van der Waals surface area contributed by atoms with Gasteiger partial charge in [-0.3, -0.25) is 14.9 Å². The number of likely N-dealkylation sites (tertiary alicyclic amines) is 1. The predicted octanol–water partition coefficient (Wildman–Crippen LogP) is 2.68. The van der Waals surface area contributed by atoms with Crippen LogP contribution in [0.25, 0.3) is 11.0 Å². The Bertz CT molecular complexity index is 1290. The van der Waals surface area contributed by atoms with Crippen molar-refractivity contribution < 1.29 is 14.2 Å². The second-order valence-corrected chi connectivity index (χ2v) is 9.35. The van der Waals surface area contributed by atoms with Gasteiger partial charge in [-0.25, -0.2) is 4.63 Å². The Labute approximate surface area is 197 Å². The summed E-state index contributed by atoms with van der Waals surface area (Å²) >= 11 is 0. The first-order valence-electron chi connectivity index (χ1n) is 11.5. The molecule has 174 valence electrons. The van der Waals surface area contributed by atoms with Gasteiger partial charge in [-0.15, -0.1) is 0 Å². The third-order valence-corrected chi connectivity index (χ3v) is 6.98. The van der Waals surface area contributed by atoms with Crippen molar-refractivity contribution in [1.82, 2.24) is 25.4 Å². The number of hydrogen-bond donors (Lipinski definition) is 1.